The standard InChI is InChI=1S/C22H26O7/c1-5-6-14-8-13-9-18(22(3,26)20(24)16(13)11-28-14)29-21(25)19-12(2)7-15(27-4)10-17(19)23/h5-7,10,14,18,23,26H,8-9,11H2,1-4H3/t14-,18+,22-/m0/s1. The summed E-state index contributed by atoms with van der Waals surface area (Å²) in [6.07, 6.45) is 3.30. The molecule has 29 heavy (non-hydrogen) atoms. The van der Waals surface area contributed by atoms with Crippen molar-refractivity contribution in [2.75, 3.05) is 13.7 Å². The van der Waals surface area contributed by atoms with E-state index in [9.17, 15) is 19.8 Å². The molecular weight excluding hydrogens is 376 g/mol. The van der Waals surface area contributed by atoms with Crippen LogP contribution < -0.4 is 4.74 Å². The average molecular weight is 402 g/mol. The summed E-state index contributed by atoms with van der Waals surface area (Å²) >= 11 is 0. The minimum absolute atomic E-state index is 0.0207. The molecule has 0 aromatic heterocycles. The van der Waals surface area contributed by atoms with Crippen molar-refractivity contribution in [2.45, 2.75) is 51.4 Å². The molecule has 7 nitrogen and oxygen atoms in total. The Kier molecular flexibility index (Phi) is 5.82. The first-order chi connectivity index (χ1) is 13.7. The number of hydrogen-bond acceptors (Lipinski definition) is 7. The van der Waals surface area contributed by atoms with Crippen LogP contribution in [0.2, 0.25) is 0 Å². The molecule has 0 saturated carbocycles. The minimum Gasteiger partial charge on any atom is -0.507 e. The lowest BCUT2D eigenvalue weighted by atomic mass is 9.76. The highest BCUT2D eigenvalue weighted by Crippen LogP contribution is 2.38. The third-order valence-corrected chi connectivity index (χ3v) is 5.49. The SMILES string of the molecule is CC=C[C@H]1CC2=C(CO1)C(=O)[C@@](C)(O)[C@H](OC(=O)c1c(C)cc(OC)cc1O)C2. The van der Waals surface area contributed by atoms with Gasteiger partial charge in [0.15, 0.2) is 11.4 Å². The van der Waals surface area contributed by atoms with Crippen molar-refractivity contribution in [3.63, 3.8) is 0 Å². The fourth-order valence-electron chi connectivity index (χ4n) is 3.83. The number of methoxy groups -OCH3 is 1. The van der Waals surface area contributed by atoms with E-state index in [1.165, 1.54) is 20.1 Å². The molecular formula is C22H26O7. The topological polar surface area (TPSA) is 102 Å². The van der Waals surface area contributed by atoms with Crippen molar-refractivity contribution in [3.05, 3.63) is 46.6 Å². The quantitative estimate of drug-likeness (QED) is 0.589. The van der Waals surface area contributed by atoms with Gasteiger partial charge in [0.1, 0.15) is 23.2 Å². The van der Waals surface area contributed by atoms with Crippen LogP contribution in [0.25, 0.3) is 0 Å². The summed E-state index contributed by atoms with van der Waals surface area (Å²) in [6, 6.07) is 2.91. The zero-order chi connectivity index (χ0) is 21.3. The van der Waals surface area contributed by atoms with Crippen molar-refractivity contribution in [1.29, 1.82) is 0 Å². The molecule has 3 atom stereocenters. The van der Waals surface area contributed by atoms with Gasteiger partial charge in [-0.1, -0.05) is 17.7 Å². The first-order valence-corrected chi connectivity index (χ1v) is 9.50. The van der Waals surface area contributed by atoms with Gasteiger partial charge in [-0.25, -0.2) is 4.79 Å². The Morgan fingerprint density at radius 1 is 1.34 bits per heavy atom. The molecule has 156 valence electrons. The maximum Gasteiger partial charge on any atom is 0.342 e. The van der Waals surface area contributed by atoms with Gasteiger partial charge in [-0.3, -0.25) is 4.79 Å². The van der Waals surface area contributed by atoms with Crippen LogP contribution in [-0.2, 0) is 14.3 Å². The zero-order valence-electron chi connectivity index (χ0n) is 17.0. The van der Waals surface area contributed by atoms with Crippen molar-refractivity contribution < 1.29 is 34.0 Å². The highest BCUT2D eigenvalue weighted by molar-refractivity contribution is 6.04. The number of Topliss-reactive ketones (excluding diaryl/α,β-unsaturated/α-hetero) is 1. The van der Waals surface area contributed by atoms with Gasteiger partial charge < -0.3 is 24.4 Å². The molecule has 1 aromatic rings. The lowest BCUT2D eigenvalue weighted by molar-refractivity contribution is -0.147. The fourth-order valence-corrected chi connectivity index (χ4v) is 3.83. The molecule has 0 radical (unpaired) electrons. The van der Waals surface area contributed by atoms with Gasteiger partial charge in [0.05, 0.1) is 19.8 Å². The Morgan fingerprint density at radius 3 is 2.69 bits per heavy atom. The monoisotopic (exact) mass is 402 g/mol. The highest BCUT2D eigenvalue weighted by atomic mass is 16.6. The number of esters is 1. The molecule has 7 heteroatoms. The number of carbonyl (C=O) groups excluding carboxylic acids is 2. The summed E-state index contributed by atoms with van der Waals surface area (Å²) in [5.41, 5.74) is -0.155. The van der Waals surface area contributed by atoms with E-state index in [2.05, 4.69) is 0 Å². The summed E-state index contributed by atoms with van der Waals surface area (Å²) in [7, 11) is 1.46. The Morgan fingerprint density at radius 2 is 2.07 bits per heavy atom. The second kappa shape index (κ2) is 8.00. The third kappa shape index (κ3) is 3.93. The summed E-state index contributed by atoms with van der Waals surface area (Å²) in [4.78, 5) is 25.6. The highest BCUT2D eigenvalue weighted by Gasteiger charge is 2.49. The summed E-state index contributed by atoms with van der Waals surface area (Å²) in [6.45, 7) is 5.00. The number of hydrogen-bond donors (Lipinski definition) is 2. The molecule has 2 aliphatic rings. The van der Waals surface area contributed by atoms with Gasteiger partial charge in [0.25, 0.3) is 0 Å². The number of aryl methyl sites for hydroxylation is 1. The van der Waals surface area contributed by atoms with Crippen LogP contribution in [0.5, 0.6) is 11.5 Å². The average Bonchev–Trinajstić information content (AvgIpc) is 2.65. The zero-order valence-corrected chi connectivity index (χ0v) is 17.0. The minimum atomic E-state index is -1.87. The van der Waals surface area contributed by atoms with E-state index in [1.54, 1.807) is 13.0 Å². The van der Waals surface area contributed by atoms with E-state index in [1.807, 2.05) is 19.1 Å². The number of ketones is 1. The number of phenolic OH excluding ortho intramolecular Hbond substituents is 1. The van der Waals surface area contributed by atoms with Gasteiger partial charge in [-0.2, -0.15) is 0 Å². The normalized spacial score (nSPS) is 27.1. The molecule has 0 fully saturated rings. The van der Waals surface area contributed by atoms with Crippen LogP contribution >= 0.6 is 0 Å². The maximum atomic E-state index is 12.8. The second-order valence-electron chi connectivity index (χ2n) is 7.57. The molecule has 2 N–H and O–H groups in total. The van der Waals surface area contributed by atoms with Crippen LogP contribution in [0.15, 0.2) is 35.4 Å². The predicted octanol–water partition coefficient (Wildman–Crippen LogP) is 2.62. The number of ether oxygens (including phenoxy) is 3. The van der Waals surface area contributed by atoms with E-state index >= 15 is 0 Å². The van der Waals surface area contributed by atoms with E-state index in [-0.39, 0.29) is 30.4 Å². The molecule has 1 aromatic carbocycles. The van der Waals surface area contributed by atoms with Gasteiger partial charge in [-0.15, -0.1) is 0 Å². The molecule has 0 amide bonds. The largest absolute Gasteiger partial charge is 0.507 e. The molecule has 0 unspecified atom stereocenters. The van der Waals surface area contributed by atoms with Crippen LogP contribution in [0.4, 0.5) is 0 Å². The van der Waals surface area contributed by atoms with E-state index in [4.69, 9.17) is 14.2 Å². The van der Waals surface area contributed by atoms with Gasteiger partial charge >= 0.3 is 5.97 Å². The molecule has 1 heterocycles. The summed E-state index contributed by atoms with van der Waals surface area (Å²) in [5, 5.41) is 21.0. The van der Waals surface area contributed by atoms with Gasteiger partial charge in [-0.05, 0) is 38.8 Å². The second-order valence-corrected chi connectivity index (χ2v) is 7.57. The number of aromatic hydroxyl groups is 1. The molecule has 0 bridgehead atoms. The number of benzene rings is 1. The Labute approximate surface area is 169 Å². The lowest BCUT2D eigenvalue weighted by Gasteiger charge is -2.40. The predicted molar refractivity (Wildman–Crippen MR) is 105 cm³/mol. The van der Waals surface area contributed by atoms with Crippen molar-refractivity contribution in [2.24, 2.45) is 0 Å². The fraction of sp³-hybridized carbons (Fsp3) is 0.455. The van der Waals surface area contributed by atoms with Crippen molar-refractivity contribution in [1.82, 2.24) is 0 Å². The number of rotatable bonds is 4. The van der Waals surface area contributed by atoms with E-state index in [0.717, 1.165) is 5.57 Å². The number of carbonyl (C=O) groups is 2. The Hall–Kier alpha value is -2.64. The first kappa shape index (κ1) is 21.1. The van der Waals surface area contributed by atoms with Crippen LogP contribution in [-0.4, -0.2) is 53.5 Å². The van der Waals surface area contributed by atoms with Crippen molar-refractivity contribution >= 4 is 11.8 Å². The number of phenols is 1. The van der Waals surface area contributed by atoms with Gasteiger partial charge in [0.2, 0.25) is 0 Å². The Bertz CT molecular complexity index is 871. The van der Waals surface area contributed by atoms with Crippen molar-refractivity contribution in [3.8, 4) is 11.5 Å². The van der Waals surface area contributed by atoms with E-state index in [0.29, 0.717) is 23.3 Å². The number of allylic oxidation sites excluding steroid dienone is 1. The molecule has 3 rings (SSSR count). The van der Waals surface area contributed by atoms with E-state index < -0.39 is 23.5 Å². The number of aliphatic hydroxyl groups is 1. The first-order valence-electron chi connectivity index (χ1n) is 9.50. The van der Waals surface area contributed by atoms with Crippen LogP contribution in [0, 0.1) is 6.92 Å². The molecule has 1 aliphatic heterocycles. The molecule has 1 aliphatic carbocycles. The summed E-state index contributed by atoms with van der Waals surface area (Å²) < 4.78 is 16.3. The maximum absolute atomic E-state index is 12.8. The van der Waals surface area contributed by atoms with Crippen LogP contribution in [0.1, 0.15) is 42.6 Å². The lowest BCUT2D eigenvalue weighted by Crippen LogP contribution is -2.54. The molecule has 0 spiro atoms. The Balaban J connectivity index is 1.87. The van der Waals surface area contributed by atoms with Crippen LogP contribution in [0.3, 0.4) is 0 Å². The molecule has 0 saturated heterocycles. The summed E-state index contributed by atoms with van der Waals surface area (Å²) in [5.74, 6) is -1.18. The smallest absolute Gasteiger partial charge is 0.342 e. The third-order valence-electron chi connectivity index (χ3n) is 5.49. The van der Waals surface area contributed by atoms with Gasteiger partial charge in [0, 0.05) is 18.1 Å².